The summed E-state index contributed by atoms with van der Waals surface area (Å²) in [5.41, 5.74) is 2.47. The standard InChI is InChI=1S/C24H23FN2O2/c25-22-11-5-4-10-20(22)23-17-27(13-14-29-23)24(28)21(19-8-2-1-3-9-19)15-18-7-6-12-26-16-18/h1-12,16,21,23H,13-15,17H2. The van der Waals surface area contributed by atoms with Gasteiger partial charge in [-0.15, -0.1) is 0 Å². The number of morpholine rings is 1. The van der Waals surface area contributed by atoms with Gasteiger partial charge in [-0.3, -0.25) is 9.78 Å². The van der Waals surface area contributed by atoms with Crippen molar-refractivity contribution in [1.82, 2.24) is 9.88 Å². The summed E-state index contributed by atoms with van der Waals surface area (Å²) in [6.07, 6.45) is 3.64. The van der Waals surface area contributed by atoms with Crippen LogP contribution >= 0.6 is 0 Å². The molecule has 0 spiro atoms. The summed E-state index contributed by atoms with van der Waals surface area (Å²) >= 11 is 0. The van der Waals surface area contributed by atoms with Crippen LogP contribution < -0.4 is 0 Å². The summed E-state index contributed by atoms with van der Waals surface area (Å²) in [6, 6.07) is 20.2. The van der Waals surface area contributed by atoms with E-state index in [1.807, 2.05) is 42.5 Å². The number of carbonyl (C=O) groups is 1. The highest BCUT2D eigenvalue weighted by Gasteiger charge is 2.32. The van der Waals surface area contributed by atoms with Crippen molar-refractivity contribution in [2.75, 3.05) is 19.7 Å². The zero-order valence-corrected chi connectivity index (χ0v) is 16.1. The molecule has 1 amide bonds. The Balaban J connectivity index is 1.57. The summed E-state index contributed by atoms with van der Waals surface area (Å²) in [7, 11) is 0. The minimum absolute atomic E-state index is 0.0321. The van der Waals surface area contributed by atoms with Crippen LogP contribution in [-0.4, -0.2) is 35.5 Å². The average molecular weight is 390 g/mol. The molecule has 29 heavy (non-hydrogen) atoms. The zero-order valence-electron chi connectivity index (χ0n) is 16.1. The summed E-state index contributed by atoms with van der Waals surface area (Å²) in [6.45, 7) is 1.23. The van der Waals surface area contributed by atoms with Gasteiger partial charge < -0.3 is 9.64 Å². The SMILES string of the molecule is O=C(C(Cc1cccnc1)c1ccccc1)N1CCOC(c2ccccc2F)C1. The largest absolute Gasteiger partial charge is 0.370 e. The number of halogens is 1. The lowest BCUT2D eigenvalue weighted by Crippen LogP contribution is -2.45. The lowest BCUT2D eigenvalue weighted by Gasteiger charge is -2.35. The Morgan fingerprint density at radius 2 is 1.90 bits per heavy atom. The van der Waals surface area contributed by atoms with Crippen molar-refractivity contribution in [3.8, 4) is 0 Å². The first-order chi connectivity index (χ1) is 14.2. The van der Waals surface area contributed by atoms with E-state index >= 15 is 0 Å². The molecule has 4 rings (SSSR count). The maximum atomic E-state index is 14.2. The van der Waals surface area contributed by atoms with E-state index in [-0.39, 0.29) is 17.6 Å². The molecule has 1 aromatic heterocycles. The van der Waals surface area contributed by atoms with Gasteiger partial charge in [-0.1, -0.05) is 54.6 Å². The number of ether oxygens (including phenoxy) is 1. The van der Waals surface area contributed by atoms with Gasteiger partial charge in [0.05, 0.1) is 19.1 Å². The van der Waals surface area contributed by atoms with Crippen LogP contribution in [0, 0.1) is 5.82 Å². The topological polar surface area (TPSA) is 42.4 Å². The molecule has 1 fully saturated rings. The maximum Gasteiger partial charge on any atom is 0.230 e. The maximum absolute atomic E-state index is 14.2. The van der Waals surface area contributed by atoms with E-state index < -0.39 is 6.10 Å². The predicted octanol–water partition coefficient (Wildman–Crippen LogP) is 4.15. The van der Waals surface area contributed by atoms with Gasteiger partial charge in [-0.25, -0.2) is 4.39 Å². The fourth-order valence-electron chi connectivity index (χ4n) is 3.78. The highest BCUT2D eigenvalue weighted by Crippen LogP contribution is 2.28. The number of benzene rings is 2. The van der Waals surface area contributed by atoms with Crippen LogP contribution in [0.1, 0.15) is 28.7 Å². The molecule has 2 unspecified atom stereocenters. The van der Waals surface area contributed by atoms with Crippen LogP contribution in [0.3, 0.4) is 0 Å². The van der Waals surface area contributed by atoms with Crippen LogP contribution in [0.25, 0.3) is 0 Å². The highest BCUT2D eigenvalue weighted by atomic mass is 19.1. The first-order valence-corrected chi connectivity index (χ1v) is 9.81. The highest BCUT2D eigenvalue weighted by molar-refractivity contribution is 5.84. The number of pyridine rings is 1. The van der Waals surface area contributed by atoms with Crippen molar-refractivity contribution >= 4 is 5.91 Å². The molecule has 5 heteroatoms. The normalized spacial score (nSPS) is 17.7. The van der Waals surface area contributed by atoms with Crippen LogP contribution in [0.4, 0.5) is 4.39 Å². The summed E-state index contributed by atoms with van der Waals surface area (Å²) in [5.74, 6) is -0.591. The molecular formula is C24H23FN2O2. The van der Waals surface area contributed by atoms with Gasteiger partial charge in [0.15, 0.2) is 0 Å². The molecule has 1 saturated heterocycles. The van der Waals surface area contributed by atoms with Crippen molar-refractivity contribution < 1.29 is 13.9 Å². The van der Waals surface area contributed by atoms with Crippen LogP contribution in [0.15, 0.2) is 79.1 Å². The van der Waals surface area contributed by atoms with Crippen molar-refractivity contribution in [3.63, 3.8) is 0 Å². The van der Waals surface area contributed by atoms with E-state index in [0.29, 0.717) is 31.7 Å². The van der Waals surface area contributed by atoms with Gasteiger partial charge in [0.25, 0.3) is 0 Å². The molecule has 2 heterocycles. The summed E-state index contributed by atoms with van der Waals surface area (Å²) in [4.78, 5) is 19.5. The second-order valence-electron chi connectivity index (χ2n) is 7.19. The fourth-order valence-corrected chi connectivity index (χ4v) is 3.78. The number of nitrogens with zero attached hydrogens (tertiary/aromatic N) is 2. The molecule has 148 valence electrons. The molecule has 0 N–H and O–H groups in total. The third-order valence-electron chi connectivity index (χ3n) is 5.29. The minimum Gasteiger partial charge on any atom is -0.370 e. The smallest absolute Gasteiger partial charge is 0.230 e. The van der Waals surface area contributed by atoms with E-state index in [1.165, 1.54) is 6.07 Å². The lowest BCUT2D eigenvalue weighted by molar-refractivity contribution is -0.140. The molecule has 2 atom stereocenters. The molecule has 1 aliphatic heterocycles. The summed E-state index contributed by atoms with van der Waals surface area (Å²) in [5, 5.41) is 0. The molecular weight excluding hydrogens is 367 g/mol. The molecule has 0 saturated carbocycles. The van der Waals surface area contributed by atoms with Gasteiger partial charge in [0.1, 0.15) is 11.9 Å². The number of aromatic nitrogens is 1. The third kappa shape index (κ3) is 4.51. The minimum atomic E-state index is -0.455. The van der Waals surface area contributed by atoms with Crippen molar-refractivity contribution in [2.24, 2.45) is 0 Å². The van der Waals surface area contributed by atoms with E-state index in [2.05, 4.69) is 4.98 Å². The molecule has 1 aliphatic rings. The van der Waals surface area contributed by atoms with Crippen molar-refractivity contribution in [2.45, 2.75) is 18.4 Å². The number of carbonyl (C=O) groups excluding carboxylic acids is 1. The Morgan fingerprint density at radius 1 is 1.10 bits per heavy atom. The van der Waals surface area contributed by atoms with Gasteiger partial charge in [-0.2, -0.15) is 0 Å². The Morgan fingerprint density at radius 3 is 2.66 bits per heavy atom. The number of rotatable bonds is 5. The Labute approximate surface area is 170 Å². The van der Waals surface area contributed by atoms with E-state index in [9.17, 15) is 9.18 Å². The summed E-state index contributed by atoms with van der Waals surface area (Å²) < 4.78 is 20.0. The van der Waals surface area contributed by atoms with E-state index in [4.69, 9.17) is 4.74 Å². The monoisotopic (exact) mass is 390 g/mol. The molecule has 0 bridgehead atoms. The zero-order chi connectivity index (χ0) is 20.1. The fraction of sp³-hybridized carbons (Fsp3) is 0.250. The van der Waals surface area contributed by atoms with E-state index in [1.54, 1.807) is 35.5 Å². The molecule has 4 nitrogen and oxygen atoms in total. The van der Waals surface area contributed by atoms with Gasteiger partial charge in [-0.05, 0) is 29.7 Å². The number of hydrogen-bond donors (Lipinski definition) is 0. The van der Waals surface area contributed by atoms with Crippen LogP contribution in [-0.2, 0) is 16.0 Å². The van der Waals surface area contributed by atoms with E-state index in [0.717, 1.165) is 11.1 Å². The second-order valence-corrected chi connectivity index (χ2v) is 7.19. The van der Waals surface area contributed by atoms with Gasteiger partial charge in [0.2, 0.25) is 5.91 Å². The van der Waals surface area contributed by atoms with Crippen molar-refractivity contribution in [3.05, 3.63) is 102 Å². The molecule has 0 radical (unpaired) electrons. The predicted molar refractivity (Wildman–Crippen MR) is 109 cm³/mol. The molecule has 0 aliphatic carbocycles. The Hall–Kier alpha value is -3.05. The Kier molecular flexibility index (Phi) is 5.96. The van der Waals surface area contributed by atoms with Crippen molar-refractivity contribution in [1.29, 1.82) is 0 Å². The first-order valence-electron chi connectivity index (χ1n) is 9.81. The average Bonchev–Trinajstić information content (AvgIpc) is 2.79. The van der Waals surface area contributed by atoms with Crippen LogP contribution in [0.2, 0.25) is 0 Å². The second kappa shape index (κ2) is 8.97. The Bertz CT molecular complexity index is 949. The van der Waals surface area contributed by atoms with Crippen LogP contribution in [0.5, 0.6) is 0 Å². The third-order valence-corrected chi connectivity index (χ3v) is 5.29. The number of hydrogen-bond acceptors (Lipinski definition) is 3. The lowest BCUT2D eigenvalue weighted by atomic mass is 9.91. The quantitative estimate of drug-likeness (QED) is 0.657. The van der Waals surface area contributed by atoms with Gasteiger partial charge in [0, 0.05) is 24.5 Å². The number of amides is 1. The molecule has 3 aromatic rings. The first kappa shape index (κ1) is 19.3. The molecule has 2 aromatic carbocycles. The van der Waals surface area contributed by atoms with Gasteiger partial charge >= 0.3 is 0 Å².